The molecule has 2 aromatic heterocycles. The number of carbonyl (C=O) groups excluding carboxylic acids is 1. The van der Waals surface area contributed by atoms with Crippen LogP contribution in [0.1, 0.15) is 28.6 Å². The van der Waals surface area contributed by atoms with E-state index in [-0.39, 0.29) is 5.78 Å². The van der Waals surface area contributed by atoms with Gasteiger partial charge in [-0.3, -0.25) is 4.79 Å². The fourth-order valence-electron chi connectivity index (χ4n) is 2.24. The van der Waals surface area contributed by atoms with Crippen LogP contribution in [0.2, 0.25) is 0 Å². The Hall–Kier alpha value is -1.81. The molecule has 0 atom stereocenters. The maximum absolute atomic E-state index is 12.6. The number of hydrogen-bond acceptors (Lipinski definition) is 2. The van der Waals surface area contributed by atoms with Gasteiger partial charge in [0.1, 0.15) is 5.76 Å². The predicted molar refractivity (Wildman–Crippen MR) is 77.5 cm³/mol. The number of benzene rings is 1. The highest BCUT2D eigenvalue weighted by Crippen LogP contribution is 2.26. The molecule has 3 aromatic rings. The second-order valence-electron chi connectivity index (χ2n) is 4.33. The van der Waals surface area contributed by atoms with Crippen molar-refractivity contribution in [2.45, 2.75) is 13.3 Å². The second-order valence-corrected chi connectivity index (χ2v) is 5.25. The molecule has 0 bridgehead atoms. The molecule has 1 N–H and O–H groups in total. The van der Waals surface area contributed by atoms with E-state index >= 15 is 0 Å². The molecule has 0 aliphatic carbocycles. The molecule has 0 aliphatic rings. The molecule has 0 spiro atoms. The average Bonchev–Trinajstić information content (AvgIpc) is 3.03. The Bertz CT molecular complexity index is 754. The number of hydrogen-bond donors (Lipinski definition) is 1. The standard InChI is InChI=1S/C15H12BrNO2/c1-2-14-10(5-6-19-14)15(18)12-8-17-13-4-3-9(16)7-11(12)13/h3-8,17H,2H2,1H3. The molecule has 0 aliphatic heterocycles. The first-order chi connectivity index (χ1) is 9.20. The number of aromatic nitrogens is 1. The Morgan fingerprint density at radius 1 is 1.32 bits per heavy atom. The van der Waals surface area contributed by atoms with Gasteiger partial charge in [0.25, 0.3) is 0 Å². The number of rotatable bonds is 3. The van der Waals surface area contributed by atoms with Gasteiger partial charge in [0, 0.05) is 33.6 Å². The van der Waals surface area contributed by atoms with Crippen LogP contribution in [0, 0.1) is 0 Å². The molecule has 2 heterocycles. The van der Waals surface area contributed by atoms with Gasteiger partial charge in [-0.25, -0.2) is 0 Å². The van der Waals surface area contributed by atoms with Gasteiger partial charge in [-0.1, -0.05) is 22.9 Å². The van der Waals surface area contributed by atoms with Gasteiger partial charge >= 0.3 is 0 Å². The minimum Gasteiger partial charge on any atom is -0.469 e. The number of aryl methyl sites for hydroxylation is 1. The molecule has 0 unspecified atom stereocenters. The van der Waals surface area contributed by atoms with Crippen molar-refractivity contribution < 1.29 is 9.21 Å². The summed E-state index contributed by atoms with van der Waals surface area (Å²) in [7, 11) is 0. The lowest BCUT2D eigenvalue weighted by Crippen LogP contribution is -2.01. The SMILES string of the molecule is CCc1occc1C(=O)c1c[nH]c2ccc(Br)cc12. The first kappa shape index (κ1) is 12.2. The van der Waals surface area contributed by atoms with Gasteiger partial charge < -0.3 is 9.40 Å². The van der Waals surface area contributed by atoms with Gasteiger partial charge in [0.15, 0.2) is 5.78 Å². The highest BCUT2D eigenvalue weighted by molar-refractivity contribution is 9.10. The summed E-state index contributed by atoms with van der Waals surface area (Å²) in [6, 6.07) is 7.58. The van der Waals surface area contributed by atoms with Crippen LogP contribution in [0.3, 0.4) is 0 Å². The predicted octanol–water partition coefficient (Wildman–Crippen LogP) is 4.32. The van der Waals surface area contributed by atoms with Crippen molar-refractivity contribution in [1.29, 1.82) is 0 Å². The fourth-order valence-corrected chi connectivity index (χ4v) is 2.60. The molecule has 0 saturated heterocycles. The summed E-state index contributed by atoms with van der Waals surface area (Å²) >= 11 is 3.43. The van der Waals surface area contributed by atoms with Gasteiger partial charge in [-0.15, -0.1) is 0 Å². The van der Waals surface area contributed by atoms with Crippen LogP contribution < -0.4 is 0 Å². The van der Waals surface area contributed by atoms with Crippen molar-refractivity contribution in [1.82, 2.24) is 4.98 Å². The van der Waals surface area contributed by atoms with E-state index in [9.17, 15) is 4.79 Å². The van der Waals surface area contributed by atoms with Crippen molar-refractivity contribution in [3.8, 4) is 0 Å². The quantitative estimate of drug-likeness (QED) is 0.731. The van der Waals surface area contributed by atoms with Gasteiger partial charge in [0.2, 0.25) is 0 Å². The number of nitrogens with one attached hydrogen (secondary N) is 1. The topological polar surface area (TPSA) is 46.0 Å². The summed E-state index contributed by atoms with van der Waals surface area (Å²) in [5, 5.41) is 0.919. The van der Waals surface area contributed by atoms with E-state index in [1.165, 1.54) is 0 Å². The number of furan rings is 1. The lowest BCUT2D eigenvalue weighted by molar-refractivity contribution is 0.103. The Kier molecular flexibility index (Phi) is 3.03. The van der Waals surface area contributed by atoms with E-state index in [4.69, 9.17) is 4.42 Å². The Balaban J connectivity index is 2.14. The molecule has 3 rings (SSSR count). The number of ketones is 1. The van der Waals surface area contributed by atoms with Crippen LogP contribution in [0.15, 0.2) is 45.6 Å². The summed E-state index contributed by atoms with van der Waals surface area (Å²) < 4.78 is 6.28. The summed E-state index contributed by atoms with van der Waals surface area (Å²) in [4.78, 5) is 15.7. The summed E-state index contributed by atoms with van der Waals surface area (Å²) in [5.41, 5.74) is 2.27. The highest BCUT2D eigenvalue weighted by atomic mass is 79.9. The maximum atomic E-state index is 12.6. The molecule has 0 amide bonds. The van der Waals surface area contributed by atoms with Crippen LogP contribution in [0.25, 0.3) is 10.9 Å². The van der Waals surface area contributed by atoms with Crippen LogP contribution in [-0.4, -0.2) is 10.8 Å². The van der Waals surface area contributed by atoms with E-state index in [0.29, 0.717) is 17.5 Å². The van der Waals surface area contributed by atoms with Crippen LogP contribution in [0.5, 0.6) is 0 Å². The van der Waals surface area contributed by atoms with Crippen LogP contribution in [-0.2, 0) is 6.42 Å². The van der Waals surface area contributed by atoms with Gasteiger partial charge in [0.05, 0.1) is 11.8 Å². The Morgan fingerprint density at radius 2 is 2.16 bits per heavy atom. The molecule has 0 fully saturated rings. The monoisotopic (exact) mass is 317 g/mol. The third kappa shape index (κ3) is 2.02. The molecule has 19 heavy (non-hydrogen) atoms. The number of halogens is 1. The fraction of sp³-hybridized carbons (Fsp3) is 0.133. The zero-order chi connectivity index (χ0) is 13.4. The minimum absolute atomic E-state index is 0.00468. The van der Waals surface area contributed by atoms with Crippen molar-refractivity contribution in [3.05, 3.63) is 58.1 Å². The third-order valence-corrected chi connectivity index (χ3v) is 3.69. The zero-order valence-electron chi connectivity index (χ0n) is 10.4. The van der Waals surface area contributed by atoms with E-state index in [1.54, 1.807) is 18.5 Å². The van der Waals surface area contributed by atoms with E-state index in [0.717, 1.165) is 21.1 Å². The lowest BCUT2D eigenvalue weighted by Gasteiger charge is -1.99. The molecular weight excluding hydrogens is 306 g/mol. The summed E-state index contributed by atoms with van der Waals surface area (Å²) in [5.74, 6) is 0.726. The van der Waals surface area contributed by atoms with Crippen LogP contribution in [0.4, 0.5) is 0 Å². The molecule has 96 valence electrons. The van der Waals surface area contributed by atoms with E-state index < -0.39 is 0 Å². The average molecular weight is 318 g/mol. The molecule has 4 heteroatoms. The number of H-pyrrole nitrogens is 1. The Morgan fingerprint density at radius 3 is 2.95 bits per heavy atom. The summed E-state index contributed by atoms with van der Waals surface area (Å²) in [6.45, 7) is 1.97. The highest BCUT2D eigenvalue weighted by Gasteiger charge is 2.18. The van der Waals surface area contributed by atoms with Crippen LogP contribution >= 0.6 is 15.9 Å². The smallest absolute Gasteiger partial charge is 0.198 e. The normalized spacial score (nSPS) is 11.1. The third-order valence-electron chi connectivity index (χ3n) is 3.20. The van der Waals surface area contributed by atoms with Crippen molar-refractivity contribution in [2.24, 2.45) is 0 Å². The molecule has 3 nitrogen and oxygen atoms in total. The number of aromatic amines is 1. The first-order valence-electron chi connectivity index (χ1n) is 6.08. The molecule has 0 saturated carbocycles. The molecule has 1 aromatic carbocycles. The van der Waals surface area contributed by atoms with Crippen molar-refractivity contribution >= 4 is 32.6 Å². The van der Waals surface area contributed by atoms with E-state index in [1.807, 2.05) is 25.1 Å². The van der Waals surface area contributed by atoms with Crippen molar-refractivity contribution in [2.75, 3.05) is 0 Å². The molecular formula is C15H12BrNO2. The summed E-state index contributed by atoms with van der Waals surface area (Å²) in [6.07, 6.45) is 4.03. The van der Waals surface area contributed by atoms with Gasteiger partial charge in [-0.05, 0) is 24.3 Å². The second kappa shape index (κ2) is 4.70. The van der Waals surface area contributed by atoms with Gasteiger partial charge in [-0.2, -0.15) is 0 Å². The number of fused-ring (bicyclic) bond motifs is 1. The number of carbonyl (C=O) groups is 1. The lowest BCUT2D eigenvalue weighted by atomic mass is 10.0. The largest absolute Gasteiger partial charge is 0.469 e. The minimum atomic E-state index is -0.00468. The zero-order valence-corrected chi connectivity index (χ0v) is 12.0. The first-order valence-corrected chi connectivity index (χ1v) is 6.87. The van der Waals surface area contributed by atoms with Crippen molar-refractivity contribution in [3.63, 3.8) is 0 Å². The maximum Gasteiger partial charge on any atom is 0.198 e. The Labute approximate surface area is 118 Å². The molecule has 0 radical (unpaired) electrons. The van der Waals surface area contributed by atoms with E-state index in [2.05, 4.69) is 20.9 Å².